The maximum Gasteiger partial charge on any atom is 0.227 e. The Morgan fingerprint density at radius 3 is 2.48 bits per heavy atom. The Morgan fingerprint density at radius 2 is 1.84 bits per heavy atom. The molecule has 3 rings (SSSR count). The van der Waals surface area contributed by atoms with Crippen LogP contribution in [0.4, 0.5) is 5.69 Å². The van der Waals surface area contributed by atoms with Crippen LogP contribution < -0.4 is 15.5 Å². The number of hydrogen-bond donors (Lipinski definition) is 2. The molecular weight excluding hydrogens is 501 g/mol. The summed E-state index contributed by atoms with van der Waals surface area (Å²) in [4.78, 5) is 21.1. The molecule has 2 aliphatic heterocycles. The highest BCUT2D eigenvalue weighted by molar-refractivity contribution is 14.0. The molecule has 2 heterocycles. The molecule has 2 saturated heterocycles. The Bertz CT molecular complexity index is 686. The molecule has 0 aliphatic carbocycles. The van der Waals surface area contributed by atoms with Gasteiger partial charge in [0.25, 0.3) is 0 Å². The number of amides is 1. The second-order valence-corrected chi connectivity index (χ2v) is 8.67. The van der Waals surface area contributed by atoms with Gasteiger partial charge in [0.05, 0.1) is 6.54 Å². The maximum atomic E-state index is 11.9. The first-order chi connectivity index (χ1) is 14.7. The zero-order chi connectivity index (χ0) is 21.2. The van der Waals surface area contributed by atoms with Crippen molar-refractivity contribution in [3.63, 3.8) is 0 Å². The fourth-order valence-electron chi connectivity index (χ4n) is 4.17. The molecule has 0 saturated carbocycles. The number of guanidine groups is 1. The van der Waals surface area contributed by atoms with Crippen LogP contribution in [-0.4, -0.2) is 56.0 Å². The largest absolute Gasteiger partial charge is 0.357 e. The van der Waals surface area contributed by atoms with E-state index < -0.39 is 0 Å². The highest BCUT2D eigenvalue weighted by Crippen LogP contribution is 2.21. The van der Waals surface area contributed by atoms with E-state index in [9.17, 15) is 4.79 Å². The van der Waals surface area contributed by atoms with Crippen molar-refractivity contribution in [1.29, 1.82) is 0 Å². The van der Waals surface area contributed by atoms with Crippen LogP contribution in [0.25, 0.3) is 0 Å². The minimum atomic E-state index is 0. The van der Waals surface area contributed by atoms with Crippen molar-refractivity contribution in [3.8, 4) is 0 Å². The predicted molar refractivity (Wildman–Crippen MR) is 140 cm³/mol. The summed E-state index contributed by atoms with van der Waals surface area (Å²) in [6.07, 6.45) is 6.73. The van der Waals surface area contributed by atoms with E-state index in [1.54, 1.807) is 0 Å². The van der Waals surface area contributed by atoms with Crippen molar-refractivity contribution in [3.05, 3.63) is 29.8 Å². The average molecular weight is 542 g/mol. The molecule has 0 radical (unpaired) electrons. The van der Waals surface area contributed by atoms with Crippen molar-refractivity contribution < 1.29 is 4.79 Å². The van der Waals surface area contributed by atoms with E-state index in [1.165, 1.54) is 38.9 Å². The predicted octanol–water partition coefficient (Wildman–Crippen LogP) is 4.00. The van der Waals surface area contributed by atoms with Crippen LogP contribution in [0, 0.1) is 5.92 Å². The third-order valence-electron chi connectivity index (χ3n) is 6.16. The normalized spacial score (nSPS) is 18.2. The Morgan fingerprint density at radius 1 is 1.10 bits per heavy atom. The molecule has 2 N–H and O–H groups in total. The van der Waals surface area contributed by atoms with Gasteiger partial charge in [0, 0.05) is 31.7 Å². The summed E-state index contributed by atoms with van der Waals surface area (Å²) in [5.41, 5.74) is 2.15. The van der Waals surface area contributed by atoms with Gasteiger partial charge < -0.3 is 20.4 Å². The Hall–Kier alpha value is -1.35. The van der Waals surface area contributed by atoms with Gasteiger partial charge in [-0.1, -0.05) is 19.1 Å². The Kier molecular flexibility index (Phi) is 11.6. The van der Waals surface area contributed by atoms with Gasteiger partial charge in [-0.2, -0.15) is 0 Å². The number of aliphatic imine (C=N–C) groups is 1. The number of piperidine rings is 1. The second kappa shape index (κ2) is 13.9. The van der Waals surface area contributed by atoms with Crippen LogP contribution in [0.3, 0.4) is 0 Å². The number of anilines is 1. The summed E-state index contributed by atoms with van der Waals surface area (Å²) >= 11 is 0. The standard InChI is InChI=1S/C24H39N5O.HI/c1-3-25-24(26-14-4-5-15-28-17-12-20(2)13-18-28)27-19-21-8-10-22(11-9-21)29-16-6-7-23(29)30;/h8-11,20H,3-7,12-19H2,1-2H3,(H2,25,26,27);1H. The lowest BCUT2D eigenvalue weighted by Crippen LogP contribution is -2.38. The Balaban J connectivity index is 0.00000341. The molecule has 7 heteroatoms. The van der Waals surface area contributed by atoms with Gasteiger partial charge in [-0.25, -0.2) is 4.99 Å². The molecule has 0 spiro atoms. The summed E-state index contributed by atoms with van der Waals surface area (Å²) in [5, 5.41) is 6.80. The SMILES string of the molecule is CCNC(=NCc1ccc(N2CCCC2=O)cc1)NCCCCN1CCC(C)CC1.I. The van der Waals surface area contributed by atoms with Crippen molar-refractivity contribution in [2.24, 2.45) is 10.9 Å². The molecule has 2 aliphatic rings. The summed E-state index contributed by atoms with van der Waals surface area (Å²) in [5.74, 6) is 2.01. The van der Waals surface area contributed by atoms with E-state index in [2.05, 4.69) is 41.5 Å². The van der Waals surface area contributed by atoms with Gasteiger partial charge in [-0.3, -0.25) is 4.79 Å². The monoisotopic (exact) mass is 541 g/mol. The fraction of sp³-hybridized carbons (Fsp3) is 0.667. The number of carbonyl (C=O) groups is 1. The van der Waals surface area contributed by atoms with Gasteiger partial charge in [0.1, 0.15) is 0 Å². The second-order valence-electron chi connectivity index (χ2n) is 8.67. The quantitative estimate of drug-likeness (QED) is 0.215. The number of carbonyl (C=O) groups excluding carboxylic acids is 1. The summed E-state index contributed by atoms with van der Waals surface area (Å²) < 4.78 is 0. The molecule has 0 bridgehead atoms. The first kappa shape index (κ1) is 25.9. The first-order valence-electron chi connectivity index (χ1n) is 11.8. The van der Waals surface area contributed by atoms with Crippen LogP contribution >= 0.6 is 24.0 Å². The minimum absolute atomic E-state index is 0. The molecule has 1 aromatic carbocycles. The van der Waals surface area contributed by atoms with Gasteiger partial charge >= 0.3 is 0 Å². The molecule has 2 fully saturated rings. The topological polar surface area (TPSA) is 60.0 Å². The van der Waals surface area contributed by atoms with Crippen molar-refractivity contribution in [2.75, 3.05) is 44.2 Å². The number of benzene rings is 1. The van der Waals surface area contributed by atoms with Crippen LogP contribution in [0.15, 0.2) is 29.3 Å². The molecule has 0 atom stereocenters. The molecule has 0 aromatic heterocycles. The van der Waals surface area contributed by atoms with Crippen molar-refractivity contribution in [1.82, 2.24) is 15.5 Å². The fourth-order valence-corrected chi connectivity index (χ4v) is 4.17. The van der Waals surface area contributed by atoms with Crippen molar-refractivity contribution >= 4 is 41.5 Å². The summed E-state index contributed by atoms with van der Waals surface area (Å²) in [6, 6.07) is 8.23. The number of likely N-dealkylation sites (tertiary alicyclic amines) is 1. The van der Waals surface area contributed by atoms with Crippen LogP contribution in [-0.2, 0) is 11.3 Å². The van der Waals surface area contributed by atoms with E-state index in [-0.39, 0.29) is 29.9 Å². The summed E-state index contributed by atoms with van der Waals surface area (Å²) in [7, 11) is 0. The molecule has 6 nitrogen and oxygen atoms in total. The van der Waals surface area contributed by atoms with E-state index in [1.807, 2.05) is 17.0 Å². The molecule has 0 unspecified atom stereocenters. The molecule has 31 heavy (non-hydrogen) atoms. The minimum Gasteiger partial charge on any atom is -0.357 e. The maximum absolute atomic E-state index is 11.9. The first-order valence-corrected chi connectivity index (χ1v) is 11.8. The van der Waals surface area contributed by atoms with Crippen LogP contribution in [0.1, 0.15) is 57.9 Å². The lowest BCUT2D eigenvalue weighted by atomic mass is 9.99. The molecule has 1 aromatic rings. The van der Waals surface area contributed by atoms with E-state index in [0.29, 0.717) is 13.0 Å². The lowest BCUT2D eigenvalue weighted by Gasteiger charge is -2.30. The summed E-state index contributed by atoms with van der Waals surface area (Å²) in [6.45, 7) is 11.5. The third-order valence-corrected chi connectivity index (χ3v) is 6.16. The van der Waals surface area contributed by atoms with Gasteiger partial charge in [-0.05, 0) is 82.3 Å². The third kappa shape index (κ3) is 8.60. The number of nitrogens with zero attached hydrogens (tertiary/aromatic N) is 3. The van der Waals surface area contributed by atoms with Gasteiger partial charge in [-0.15, -0.1) is 24.0 Å². The smallest absolute Gasteiger partial charge is 0.227 e. The van der Waals surface area contributed by atoms with Crippen molar-refractivity contribution in [2.45, 2.75) is 58.9 Å². The zero-order valence-corrected chi connectivity index (χ0v) is 21.6. The highest BCUT2D eigenvalue weighted by atomic mass is 127. The number of halogens is 1. The molecular formula is C24H40IN5O. The Labute approximate surface area is 205 Å². The molecule has 174 valence electrons. The lowest BCUT2D eigenvalue weighted by molar-refractivity contribution is -0.117. The highest BCUT2D eigenvalue weighted by Gasteiger charge is 2.21. The number of hydrogen-bond acceptors (Lipinski definition) is 3. The number of rotatable bonds is 9. The van der Waals surface area contributed by atoms with Gasteiger partial charge in [0.15, 0.2) is 5.96 Å². The number of unbranched alkanes of at least 4 members (excludes halogenated alkanes) is 1. The van der Waals surface area contributed by atoms with Crippen LogP contribution in [0.2, 0.25) is 0 Å². The molecule has 1 amide bonds. The van der Waals surface area contributed by atoms with Crippen LogP contribution in [0.5, 0.6) is 0 Å². The van der Waals surface area contributed by atoms with E-state index >= 15 is 0 Å². The number of nitrogens with one attached hydrogen (secondary N) is 2. The van der Waals surface area contributed by atoms with Gasteiger partial charge in [0.2, 0.25) is 5.91 Å². The van der Waals surface area contributed by atoms with E-state index in [4.69, 9.17) is 4.99 Å². The van der Waals surface area contributed by atoms with E-state index in [0.717, 1.165) is 55.6 Å². The average Bonchev–Trinajstić information content (AvgIpc) is 3.19. The zero-order valence-electron chi connectivity index (χ0n) is 19.2.